The molecule has 3 aromatic rings. The Morgan fingerprint density at radius 1 is 0.967 bits per heavy atom. The van der Waals surface area contributed by atoms with Crippen molar-refractivity contribution < 1.29 is 14.3 Å². The molecule has 0 unspecified atom stereocenters. The highest BCUT2D eigenvalue weighted by atomic mass is 35.5. The molecule has 0 aliphatic rings. The van der Waals surface area contributed by atoms with Gasteiger partial charge in [0, 0.05) is 10.7 Å². The van der Waals surface area contributed by atoms with Crippen LogP contribution in [0, 0.1) is 0 Å². The number of nitrogens with zero attached hydrogens (tertiary/aromatic N) is 1. The van der Waals surface area contributed by atoms with Gasteiger partial charge in [0.15, 0.2) is 0 Å². The molecule has 0 atom stereocenters. The van der Waals surface area contributed by atoms with E-state index < -0.39 is 5.97 Å². The van der Waals surface area contributed by atoms with Gasteiger partial charge in [-0.25, -0.2) is 10.2 Å². The lowest BCUT2D eigenvalue weighted by atomic mass is 10.2. The van der Waals surface area contributed by atoms with E-state index in [1.54, 1.807) is 30.3 Å². The molecule has 0 radical (unpaired) electrons. The quantitative estimate of drug-likeness (QED) is 0.239. The zero-order valence-electron chi connectivity index (χ0n) is 15.6. The highest BCUT2D eigenvalue weighted by molar-refractivity contribution is 6.36. The molecule has 0 heterocycles. The molecule has 0 aliphatic carbocycles. The van der Waals surface area contributed by atoms with Crippen LogP contribution in [0.2, 0.25) is 10.0 Å². The molecule has 3 aromatic carbocycles. The van der Waals surface area contributed by atoms with E-state index in [1.807, 2.05) is 30.3 Å². The number of amides is 1. The van der Waals surface area contributed by atoms with Crippen molar-refractivity contribution in [3.63, 3.8) is 0 Å². The van der Waals surface area contributed by atoms with Gasteiger partial charge in [-0.1, -0.05) is 41.4 Å². The Morgan fingerprint density at radius 3 is 2.40 bits per heavy atom. The smallest absolute Gasteiger partial charge is 0.345 e. The summed E-state index contributed by atoms with van der Waals surface area (Å²) in [6.07, 6.45) is 1.49. The summed E-state index contributed by atoms with van der Waals surface area (Å²) in [5, 5.41) is 7.55. The number of benzene rings is 3. The predicted octanol–water partition coefficient (Wildman–Crippen LogP) is 4.77. The maximum absolute atomic E-state index is 12.2. The van der Waals surface area contributed by atoms with Gasteiger partial charge in [-0.15, -0.1) is 0 Å². The molecule has 152 valence electrons. The topological polar surface area (TPSA) is 79.8 Å². The molecule has 0 bridgehead atoms. The Hall–Kier alpha value is -3.35. The van der Waals surface area contributed by atoms with E-state index in [2.05, 4.69) is 15.8 Å². The number of carbonyl (C=O) groups is 2. The number of anilines is 1. The van der Waals surface area contributed by atoms with Gasteiger partial charge in [-0.05, 0) is 60.2 Å². The Kier molecular flexibility index (Phi) is 7.43. The number of hydrogen-bond acceptors (Lipinski definition) is 5. The first-order valence-corrected chi connectivity index (χ1v) is 9.65. The second kappa shape index (κ2) is 10.4. The molecule has 30 heavy (non-hydrogen) atoms. The minimum Gasteiger partial charge on any atom is -0.423 e. The Bertz CT molecular complexity index is 1050. The van der Waals surface area contributed by atoms with Crippen LogP contribution in [-0.4, -0.2) is 24.6 Å². The van der Waals surface area contributed by atoms with Crippen LogP contribution in [-0.2, 0) is 4.79 Å². The maximum atomic E-state index is 12.2. The van der Waals surface area contributed by atoms with Gasteiger partial charge >= 0.3 is 5.97 Å². The molecule has 2 N–H and O–H groups in total. The van der Waals surface area contributed by atoms with Crippen molar-refractivity contribution in [1.82, 2.24) is 5.43 Å². The fourth-order valence-electron chi connectivity index (χ4n) is 2.40. The van der Waals surface area contributed by atoms with Gasteiger partial charge in [0.05, 0.1) is 23.3 Å². The lowest BCUT2D eigenvalue weighted by Gasteiger charge is -2.06. The molecule has 0 aromatic heterocycles. The Morgan fingerprint density at radius 2 is 1.70 bits per heavy atom. The third kappa shape index (κ3) is 6.34. The van der Waals surface area contributed by atoms with Crippen LogP contribution in [0.25, 0.3) is 0 Å². The monoisotopic (exact) mass is 441 g/mol. The maximum Gasteiger partial charge on any atom is 0.345 e. The molecule has 6 nitrogen and oxygen atoms in total. The first-order chi connectivity index (χ1) is 14.5. The van der Waals surface area contributed by atoms with Gasteiger partial charge in [0.25, 0.3) is 5.91 Å². The third-order valence-corrected chi connectivity index (χ3v) is 4.42. The first kappa shape index (κ1) is 21.4. The van der Waals surface area contributed by atoms with Crippen LogP contribution in [0.5, 0.6) is 5.75 Å². The van der Waals surface area contributed by atoms with Crippen molar-refractivity contribution in [2.45, 2.75) is 0 Å². The number of hydrogen-bond donors (Lipinski definition) is 2. The molecule has 0 saturated heterocycles. The molecule has 3 rings (SSSR count). The van der Waals surface area contributed by atoms with Crippen molar-refractivity contribution in [2.75, 3.05) is 11.9 Å². The van der Waals surface area contributed by atoms with Gasteiger partial charge in [0.1, 0.15) is 5.75 Å². The van der Waals surface area contributed by atoms with Crippen molar-refractivity contribution in [3.05, 3.63) is 94.0 Å². The summed E-state index contributed by atoms with van der Waals surface area (Å²) < 4.78 is 5.30. The molecular formula is C22H17Cl2N3O3. The van der Waals surface area contributed by atoms with Crippen molar-refractivity contribution in [2.24, 2.45) is 5.10 Å². The second-order valence-electron chi connectivity index (χ2n) is 6.10. The molecule has 1 amide bonds. The summed E-state index contributed by atoms with van der Waals surface area (Å²) in [5.74, 6) is -0.518. The van der Waals surface area contributed by atoms with Crippen molar-refractivity contribution >= 4 is 47.0 Å². The fourth-order valence-corrected chi connectivity index (χ4v) is 2.88. The van der Waals surface area contributed by atoms with E-state index in [0.29, 0.717) is 10.8 Å². The number of halogens is 2. The number of esters is 1. The predicted molar refractivity (Wildman–Crippen MR) is 119 cm³/mol. The standard InChI is InChI=1S/C22H17Cl2N3O3/c23-16-8-11-19(20(24)12-16)22(29)30-18-9-6-15(7-10-18)13-26-27-21(28)14-25-17-4-2-1-3-5-17/h1-13,25H,14H2,(H,27,28)/b26-13-. The van der Waals surface area contributed by atoms with E-state index >= 15 is 0 Å². The van der Waals surface area contributed by atoms with E-state index in [-0.39, 0.29) is 23.0 Å². The Balaban J connectivity index is 1.49. The van der Waals surface area contributed by atoms with E-state index in [0.717, 1.165) is 11.3 Å². The lowest BCUT2D eigenvalue weighted by molar-refractivity contribution is -0.119. The van der Waals surface area contributed by atoms with Crippen molar-refractivity contribution in [3.8, 4) is 5.75 Å². The molecule has 0 fully saturated rings. The summed E-state index contributed by atoms with van der Waals surface area (Å²) in [5.41, 5.74) is 4.23. The van der Waals surface area contributed by atoms with Crippen LogP contribution < -0.4 is 15.5 Å². The number of rotatable bonds is 7. The lowest BCUT2D eigenvalue weighted by Crippen LogP contribution is -2.25. The van der Waals surface area contributed by atoms with Crippen LogP contribution in [0.4, 0.5) is 5.69 Å². The largest absolute Gasteiger partial charge is 0.423 e. The minimum atomic E-state index is -0.587. The van der Waals surface area contributed by atoms with E-state index in [4.69, 9.17) is 27.9 Å². The summed E-state index contributed by atoms with van der Waals surface area (Å²) in [6, 6.07) is 20.6. The molecule has 0 saturated carbocycles. The normalized spacial score (nSPS) is 10.6. The van der Waals surface area contributed by atoms with Crippen LogP contribution in [0.3, 0.4) is 0 Å². The summed E-state index contributed by atoms with van der Waals surface area (Å²) >= 11 is 11.8. The van der Waals surface area contributed by atoms with Gasteiger partial charge < -0.3 is 10.1 Å². The number of nitrogens with one attached hydrogen (secondary N) is 2. The van der Waals surface area contributed by atoms with Crippen molar-refractivity contribution in [1.29, 1.82) is 0 Å². The Labute approximate surface area is 183 Å². The molecule has 0 spiro atoms. The average molecular weight is 442 g/mol. The number of ether oxygens (including phenoxy) is 1. The highest BCUT2D eigenvalue weighted by Crippen LogP contribution is 2.23. The first-order valence-electron chi connectivity index (χ1n) is 8.89. The van der Waals surface area contributed by atoms with Gasteiger partial charge in [0.2, 0.25) is 0 Å². The van der Waals surface area contributed by atoms with Crippen LogP contribution >= 0.6 is 23.2 Å². The zero-order chi connectivity index (χ0) is 21.3. The second-order valence-corrected chi connectivity index (χ2v) is 6.94. The summed E-state index contributed by atoms with van der Waals surface area (Å²) in [6.45, 7) is 0.101. The molecule has 0 aliphatic heterocycles. The highest BCUT2D eigenvalue weighted by Gasteiger charge is 2.13. The SMILES string of the molecule is O=C(CNc1ccccc1)N/N=C\c1ccc(OC(=O)c2ccc(Cl)cc2Cl)cc1. The summed E-state index contributed by atoms with van der Waals surface area (Å²) in [7, 11) is 0. The zero-order valence-corrected chi connectivity index (χ0v) is 17.2. The third-order valence-electron chi connectivity index (χ3n) is 3.87. The van der Waals surface area contributed by atoms with Gasteiger partial charge in [-0.2, -0.15) is 5.10 Å². The van der Waals surface area contributed by atoms with Gasteiger partial charge in [-0.3, -0.25) is 4.79 Å². The van der Waals surface area contributed by atoms with E-state index in [9.17, 15) is 9.59 Å². The molecular weight excluding hydrogens is 425 g/mol. The average Bonchev–Trinajstić information content (AvgIpc) is 2.74. The fraction of sp³-hybridized carbons (Fsp3) is 0.0455. The van der Waals surface area contributed by atoms with Crippen LogP contribution in [0.1, 0.15) is 15.9 Å². The minimum absolute atomic E-state index is 0.101. The number of para-hydroxylation sites is 1. The summed E-state index contributed by atoms with van der Waals surface area (Å²) in [4.78, 5) is 24.0. The van der Waals surface area contributed by atoms with Crippen LogP contribution in [0.15, 0.2) is 77.9 Å². The number of hydrazone groups is 1. The number of carbonyl (C=O) groups excluding carboxylic acids is 2. The molecule has 8 heteroatoms. The van der Waals surface area contributed by atoms with E-state index in [1.165, 1.54) is 18.3 Å².